The summed E-state index contributed by atoms with van der Waals surface area (Å²) in [5.41, 5.74) is 0.802. The molecule has 0 spiro atoms. The number of carbonyl (C=O) groups excluding carboxylic acids is 1. The Hall–Kier alpha value is -1.35. The molecule has 2 aromatic carbocycles. The van der Waals surface area contributed by atoms with Gasteiger partial charge in [0.05, 0.1) is 0 Å². The molecule has 0 aromatic heterocycles. The van der Waals surface area contributed by atoms with Gasteiger partial charge in [-0.2, -0.15) is 0 Å². The van der Waals surface area contributed by atoms with Gasteiger partial charge >= 0.3 is 168 Å². The van der Waals surface area contributed by atoms with Gasteiger partial charge in [0, 0.05) is 0 Å². The van der Waals surface area contributed by atoms with Gasteiger partial charge in [-0.1, -0.05) is 0 Å². The standard InChI is InChI=1S/C21H22O3Se2/c1-2-23-20(22)19(15-25-16-9-5-3-6-10-16)18-13-14-24-21(18)26-17-11-7-4-8-12-17/h3-12,15,18,21H,2,13-14H2,1H3/b19-15-. The first-order chi connectivity index (χ1) is 12.8. The first kappa shape index (κ1) is 19.4. The zero-order chi connectivity index (χ0) is 18.2. The van der Waals surface area contributed by atoms with E-state index < -0.39 is 0 Å². The summed E-state index contributed by atoms with van der Waals surface area (Å²) in [6, 6.07) is 20.7. The molecule has 0 amide bonds. The van der Waals surface area contributed by atoms with Crippen LogP contribution in [0.25, 0.3) is 0 Å². The number of ether oxygens (including phenoxy) is 2. The quantitative estimate of drug-likeness (QED) is 0.345. The van der Waals surface area contributed by atoms with Gasteiger partial charge in [0.25, 0.3) is 0 Å². The van der Waals surface area contributed by atoms with Crippen LogP contribution >= 0.6 is 0 Å². The average molecular weight is 480 g/mol. The molecule has 0 N–H and O–H groups in total. The summed E-state index contributed by atoms with van der Waals surface area (Å²) in [6.07, 6.45) is 0.884. The summed E-state index contributed by atoms with van der Waals surface area (Å²) < 4.78 is 13.9. The van der Waals surface area contributed by atoms with Crippen LogP contribution in [0.5, 0.6) is 0 Å². The molecule has 2 atom stereocenters. The van der Waals surface area contributed by atoms with Gasteiger partial charge < -0.3 is 0 Å². The number of carbonyl (C=O) groups is 1. The minimum atomic E-state index is -0.185. The summed E-state index contributed by atoms with van der Waals surface area (Å²) in [5, 5.41) is 0.0899. The molecule has 0 aliphatic carbocycles. The van der Waals surface area contributed by atoms with E-state index in [0.717, 1.165) is 12.0 Å². The summed E-state index contributed by atoms with van der Waals surface area (Å²) in [5.74, 6) is -0.0606. The van der Waals surface area contributed by atoms with Crippen molar-refractivity contribution < 1.29 is 14.3 Å². The van der Waals surface area contributed by atoms with Crippen LogP contribution in [0.1, 0.15) is 13.3 Å². The number of hydrogen-bond donors (Lipinski definition) is 0. The van der Waals surface area contributed by atoms with Crippen molar-refractivity contribution >= 4 is 44.8 Å². The third-order valence-corrected chi connectivity index (χ3v) is 8.54. The molecule has 1 heterocycles. The van der Waals surface area contributed by atoms with Crippen molar-refractivity contribution in [2.45, 2.75) is 18.3 Å². The Kier molecular flexibility index (Phi) is 7.54. The van der Waals surface area contributed by atoms with E-state index in [1.54, 1.807) is 0 Å². The normalized spacial score (nSPS) is 20.1. The van der Waals surface area contributed by atoms with Gasteiger partial charge in [-0.15, -0.1) is 0 Å². The molecule has 1 aliphatic rings. The second kappa shape index (κ2) is 10.1. The molecule has 1 aliphatic heterocycles. The van der Waals surface area contributed by atoms with E-state index in [4.69, 9.17) is 9.47 Å². The summed E-state index contributed by atoms with van der Waals surface area (Å²) in [6.45, 7) is 2.96. The van der Waals surface area contributed by atoms with Crippen LogP contribution in [0.2, 0.25) is 0 Å². The van der Waals surface area contributed by atoms with Crippen molar-refractivity contribution in [3.05, 3.63) is 71.2 Å². The predicted octanol–water partition coefficient (Wildman–Crippen LogP) is 1.86. The van der Waals surface area contributed by atoms with Crippen molar-refractivity contribution in [3.8, 4) is 0 Å². The van der Waals surface area contributed by atoms with E-state index in [2.05, 4.69) is 41.4 Å². The maximum atomic E-state index is 12.6. The molecule has 26 heavy (non-hydrogen) atoms. The molecule has 3 rings (SSSR count). The molecule has 0 bridgehead atoms. The van der Waals surface area contributed by atoms with Crippen LogP contribution in [-0.2, 0) is 14.3 Å². The van der Waals surface area contributed by atoms with Gasteiger partial charge in [-0.3, -0.25) is 0 Å². The average Bonchev–Trinajstić information content (AvgIpc) is 3.12. The Bertz CT molecular complexity index is 731. The Labute approximate surface area is 167 Å². The van der Waals surface area contributed by atoms with Crippen LogP contribution in [0.15, 0.2) is 71.2 Å². The fourth-order valence-corrected chi connectivity index (χ4v) is 7.03. The fourth-order valence-electron chi connectivity index (χ4n) is 2.75. The molecule has 0 saturated carbocycles. The number of esters is 1. The number of benzene rings is 2. The Morgan fingerprint density at radius 2 is 1.77 bits per heavy atom. The van der Waals surface area contributed by atoms with Crippen molar-refractivity contribution in [2.24, 2.45) is 5.92 Å². The first-order valence-corrected chi connectivity index (χ1v) is 12.4. The number of rotatable bonds is 7. The molecule has 2 aromatic rings. The molecular weight excluding hydrogens is 458 g/mol. The monoisotopic (exact) mass is 482 g/mol. The van der Waals surface area contributed by atoms with E-state index in [1.807, 2.05) is 31.2 Å². The SMILES string of the molecule is CCOC(=O)/C(=C\[Se]c1ccccc1)C1CCOC1[Se]c1ccccc1. The van der Waals surface area contributed by atoms with Crippen LogP contribution in [0, 0.1) is 5.92 Å². The molecule has 0 radical (unpaired) electrons. The third-order valence-electron chi connectivity index (χ3n) is 4.01. The van der Waals surface area contributed by atoms with Crippen molar-refractivity contribution in [1.29, 1.82) is 0 Å². The molecule has 136 valence electrons. The van der Waals surface area contributed by atoms with Crippen molar-refractivity contribution in [3.63, 3.8) is 0 Å². The van der Waals surface area contributed by atoms with Gasteiger partial charge in [0.2, 0.25) is 0 Å². The fraction of sp³-hybridized carbons (Fsp3) is 0.286. The molecule has 5 heteroatoms. The van der Waals surface area contributed by atoms with Crippen LogP contribution in [-0.4, -0.2) is 54.1 Å². The van der Waals surface area contributed by atoms with Gasteiger partial charge in [0.1, 0.15) is 0 Å². The minimum absolute atomic E-state index is 0.0899. The Morgan fingerprint density at radius 3 is 2.42 bits per heavy atom. The summed E-state index contributed by atoms with van der Waals surface area (Å²) >= 11 is 0.282. The van der Waals surface area contributed by atoms with E-state index in [0.29, 0.717) is 13.2 Å². The Balaban J connectivity index is 1.79. The van der Waals surface area contributed by atoms with E-state index in [9.17, 15) is 4.79 Å². The summed E-state index contributed by atoms with van der Waals surface area (Å²) in [7, 11) is 0. The van der Waals surface area contributed by atoms with Gasteiger partial charge in [0.15, 0.2) is 0 Å². The first-order valence-electron chi connectivity index (χ1n) is 8.70. The molecule has 3 nitrogen and oxygen atoms in total. The van der Waals surface area contributed by atoms with Crippen molar-refractivity contribution in [1.82, 2.24) is 0 Å². The number of hydrogen-bond acceptors (Lipinski definition) is 3. The summed E-state index contributed by atoms with van der Waals surface area (Å²) in [4.78, 5) is 14.7. The maximum absolute atomic E-state index is 12.6. The third kappa shape index (κ3) is 5.32. The zero-order valence-corrected chi connectivity index (χ0v) is 18.1. The van der Waals surface area contributed by atoms with E-state index in [-0.39, 0.29) is 46.8 Å². The van der Waals surface area contributed by atoms with Crippen LogP contribution in [0.4, 0.5) is 0 Å². The van der Waals surface area contributed by atoms with Gasteiger partial charge in [-0.25, -0.2) is 0 Å². The van der Waals surface area contributed by atoms with Crippen LogP contribution in [0.3, 0.4) is 0 Å². The second-order valence-corrected chi connectivity index (χ2v) is 10.2. The molecule has 2 unspecified atom stereocenters. The predicted molar refractivity (Wildman–Crippen MR) is 106 cm³/mol. The van der Waals surface area contributed by atoms with Crippen molar-refractivity contribution in [2.75, 3.05) is 13.2 Å². The van der Waals surface area contributed by atoms with Crippen LogP contribution < -0.4 is 8.92 Å². The molecular formula is C21H22O3Se2. The van der Waals surface area contributed by atoms with Gasteiger partial charge in [-0.05, 0) is 0 Å². The second-order valence-electron chi connectivity index (χ2n) is 5.79. The van der Waals surface area contributed by atoms with E-state index >= 15 is 0 Å². The molecule has 1 fully saturated rings. The van der Waals surface area contributed by atoms with E-state index in [1.165, 1.54) is 8.92 Å². The molecule has 1 saturated heterocycles. The Morgan fingerprint density at radius 1 is 1.12 bits per heavy atom. The zero-order valence-electron chi connectivity index (χ0n) is 14.7. The topological polar surface area (TPSA) is 35.5 Å².